The molecule has 0 aliphatic rings. The van der Waals surface area contributed by atoms with E-state index < -0.39 is 0 Å². The van der Waals surface area contributed by atoms with Gasteiger partial charge in [0.2, 0.25) is 5.75 Å². The van der Waals surface area contributed by atoms with Crippen LogP contribution >= 0.6 is 11.3 Å². The van der Waals surface area contributed by atoms with Crippen LogP contribution in [0.5, 0.6) is 23.0 Å². The molecule has 0 atom stereocenters. The van der Waals surface area contributed by atoms with Gasteiger partial charge in [0.25, 0.3) is 5.91 Å². The van der Waals surface area contributed by atoms with E-state index in [2.05, 4.69) is 4.98 Å². The standard InChI is InChI=1S/C21H22N2O5S/c1-23(20(24)14-10-17(26-3)19(28-5)18(11-14)27-4)21-22-16(12-29-21)13-6-8-15(25-2)9-7-13/h6-12H,1-5H3. The molecule has 1 heterocycles. The highest BCUT2D eigenvalue weighted by atomic mass is 32.1. The van der Waals surface area contributed by atoms with E-state index in [1.54, 1.807) is 26.3 Å². The van der Waals surface area contributed by atoms with Gasteiger partial charge in [-0.2, -0.15) is 0 Å². The van der Waals surface area contributed by atoms with Gasteiger partial charge < -0.3 is 18.9 Å². The third-order valence-electron chi connectivity index (χ3n) is 4.38. The van der Waals surface area contributed by atoms with Crippen molar-refractivity contribution >= 4 is 22.4 Å². The van der Waals surface area contributed by atoms with E-state index in [4.69, 9.17) is 18.9 Å². The molecule has 0 aliphatic heterocycles. The first kappa shape index (κ1) is 20.5. The third kappa shape index (κ3) is 4.12. The fourth-order valence-electron chi connectivity index (χ4n) is 2.80. The molecule has 0 bridgehead atoms. The second-order valence-corrected chi connectivity index (χ2v) is 6.86. The Hall–Kier alpha value is -3.26. The van der Waals surface area contributed by atoms with Gasteiger partial charge >= 0.3 is 0 Å². The Balaban J connectivity index is 1.88. The molecule has 3 aromatic rings. The number of benzene rings is 2. The maximum Gasteiger partial charge on any atom is 0.260 e. The zero-order valence-electron chi connectivity index (χ0n) is 16.9. The van der Waals surface area contributed by atoms with Crippen LogP contribution in [0.15, 0.2) is 41.8 Å². The van der Waals surface area contributed by atoms with Crippen molar-refractivity contribution < 1.29 is 23.7 Å². The first-order valence-corrected chi connectivity index (χ1v) is 9.58. The lowest BCUT2D eigenvalue weighted by atomic mass is 10.1. The lowest BCUT2D eigenvalue weighted by molar-refractivity contribution is 0.0992. The van der Waals surface area contributed by atoms with E-state index >= 15 is 0 Å². The van der Waals surface area contributed by atoms with Crippen LogP contribution in [0.25, 0.3) is 11.3 Å². The molecule has 29 heavy (non-hydrogen) atoms. The van der Waals surface area contributed by atoms with Gasteiger partial charge in [0, 0.05) is 23.6 Å². The van der Waals surface area contributed by atoms with Crippen LogP contribution in [0.4, 0.5) is 5.13 Å². The maximum absolute atomic E-state index is 13.0. The number of carbonyl (C=O) groups is 1. The van der Waals surface area contributed by atoms with Crippen LogP contribution < -0.4 is 23.8 Å². The predicted octanol–water partition coefficient (Wildman–Crippen LogP) is 4.12. The van der Waals surface area contributed by atoms with Crippen LogP contribution in [0, 0.1) is 0 Å². The Morgan fingerprint density at radius 3 is 2.07 bits per heavy atom. The number of carbonyl (C=O) groups excluding carboxylic acids is 1. The third-order valence-corrected chi connectivity index (χ3v) is 5.30. The minimum Gasteiger partial charge on any atom is -0.497 e. The summed E-state index contributed by atoms with van der Waals surface area (Å²) in [5.74, 6) is 1.81. The Morgan fingerprint density at radius 1 is 0.931 bits per heavy atom. The van der Waals surface area contributed by atoms with E-state index in [-0.39, 0.29) is 5.91 Å². The van der Waals surface area contributed by atoms with Crippen molar-refractivity contribution in [2.75, 3.05) is 40.4 Å². The number of rotatable bonds is 7. The molecule has 1 amide bonds. The van der Waals surface area contributed by atoms with Crippen LogP contribution in [-0.2, 0) is 0 Å². The first-order valence-electron chi connectivity index (χ1n) is 8.70. The molecule has 152 valence electrons. The van der Waals surface area contributed by atoms with Crippen LogP contribution in [0.2, 0.25) is 0 Å². The molecule has 0 saturated carbocycles. The minimum absolute atomic E-state index is 0.236. The van der Waals surface area contributed by atoms with Gasteiger partial charge in [-0.1, -0.05) is 0 Å². The molecule has 0 aliphatic carbocycles. The largest absolute Gasteiger partial charge is 0.497 e. The summed E-state index contributed by atoms with van der Waals surface area (Å²) in [7, 11) is 7.85. The number of nitrogens with zero attached hydrogens (tertiary/aromatic N) is 2. The van der Waals surface area contributed by atoms with Crippen molar-refractivity contribution in [3.8, 4) is 34.3 Å². The fraction of sp³-hybridized carbons (Fsp3) is 0.238. The molecule has 0 fully saturated rings. The molecule has 0 unspecified atom stereocenters. The molecule has 0 saturated heterocycles. The van der Waals surface area contributed by atoms with Gasteiger partial charge in [0.1, 0.15) is 5.75 Å². The minimum atomic E-state index is -0.236. The smallest absolute Gasteiger partial charge is 0.260 e. The topological polar surface area (TPSA) is 70.1 Å². The highest BCUT2D eigenvalue weighted by molar-refractivity contribution is 7.14. The molecule has 1 aromatic heterocycles. The summed E-state index contributed by atoms with van der Waals surface area (Å²) in [6, 6.07) is 10.9. The lowest BCUT2D eigenvalue weighted by Crippen LogP contribution is -2.26. The van der Waals surface area contributed by atoms with E-state index in [0.29, 0.717) is 27.9 Å². The van der Waals surface area contributed by atoms with E-state index in [0.717, 1.165) is 17.0 Å². The van der Waals surface area contributed by atoms with E-state index in [9.17, 15) is 4.79 Å². The fourth-order valence-corrected chi connectivity index (χ4v) is 3.60. The second kappa shape index (κ2) is 8.83. The summed E-state index contributed by atoms with van der Waals surface area (Å²) in [4.78, 5) is 19.1. The molecule has 3 rings (SSSR count). The Labute approximate surface area is 173 Å². The Kier molecular flexibility index (Phi) is 6.23. The molecule has 8 heteroatoms. The second-order valence-electron chi connectivity index (χ2n) is 6.02. The number of hydrogen-bond acceptors (Lipinski definition) is 7. The van der Waals surface area contributed by atoms with E-state index in [1.807, 2.05) is 29.6 Å². The molecular formula is C21H22N2O5S. The summed E-state index contributed by atoms with van der Waals surface area (Å²) < 4.78 is 21.2. The molecule has 0 spiro atoms. The number of aromatic nitrogens is 1. The lowest BCUT2D eigenvalue weighted by Gasteiger charge is -2.17. The average Bonchev–Trinajstić information content (AvgIpc) is 3.27. The summed E-state index contributed by atoms with van der Waals surface area (Å²) in [6.07, 6.45) is 0. The van der Waals surface area contributed by atoms with Gasteiger partial charge in [0.15, 0.2) is 16.6 Å². The van der Waals surface area contributed by atoms with Crippen LogP contribution in [-0.4, -0.2) is 46.4 Å². The zero-order valence-corrected chi connectivity index (χ0v) is 17.7. The molecule has 0 N–H and O–H groups in total. The van der Waals surface area contributed by atoms with Crippen molar-refractivity contribution in [2.45, 2.75) is 0 Å². The van der Waals surface area contributed by atoms with Gasteiger partial charge in [-0.3, -0.25) is 9.69 Å². The number of hydrogen-bond donors (Lipinski definition) is 0. The van der Waals surface area contributed by atoms with Gasteiger partial charge in [-0.05, 0) is 36.4 Å². The average molecular weight is 414 g/mol. The SMILES string of the molecule is COc1ccc(-c2csc(N(C)C(=O)c3cc(OC)c(OC)c(OC)c3)n2)cc1. The molecule has 0 radical (unpaired) electrons. The number of thiazole rings is 1. The van der Waals surface area contributed by atoms with Crippen molar-refractivity contribution in [3.05, 3.63) is 47.3 Å². The number of amides is 1. The normalized spacial score (nSPS) is 10.4. The summed E-state index contributed by atoms with van der Waals surface area (Å²) in [6.45, 7) is 0. The maximum atomic E-state index is 13.0. The molecular weight excluding hydrogens is 392 g/mol. The monoisotopic (exact) mass is 414 g/mol. The zero-order chi connectivity index (χ0) is 21.0. The van der Waals surface area contributed by atoms with Gasteiger partial charge in [0.05, 0.1) is 34.1 Å². The van der Waals surface area contributed by atoms with Gasteiger partial charge in [-0.15, -0.1) is 11.3 Å². The quantitative estimate of drug-likeness (QED) is 0.579. The van der Waals surface area contributed by atoms with Crippen molar-refractivity contribution in [2.24, 2.45) is 0 Å². The van der Waals surface area contributed by atoms with E-state index in [1.165, 1.54) is 37.6 Å². The highest BCUT2D eigenvalue weighted by Gasteiger charge is 2.22. The van der Waals surface area contributed by atoms with Crippen LogP contribution in [0.1, 0.15) is 10.4 Å². The van der Waals surface area contributed by atoms with Crippen LogP contribution in [0.3, 0.4) is 0 Å². The van der Waals surface area contributed by atoms with Crippen molar-refractivity contribution in [3.63, 3.8) is 0 Å². The van der Waals surface area contributed by atoms with Gasteiger partial charge in [-0.25, -0.2) is 4.98 Å². The summed E-state index contributed by atoms with van der Waals surface area (Å²) >= 11 is 1.39. The summed E-state index contributed by atoms with van der Waals surface area (Å²) in [5, 5.41) is 2.49. The van der Waals surface area contributed by atoms with Crippen molar-refractivity contribution in [1.29, 1.82) is 0 Å². The molecule has 7 nitrogen and oxygen atoms in total. The Bertz CT molecular complexity index is 976. The number of methoxy groups -OCH3 is 4. The first-order chi connectivity index (χ1) is 14.0. The predicted molar refractivity (Wildman–Crippen MR) is 113 cm³/mol. The summed E-state index contributed by atoms with van der Waals surface area (Å²) in [5.41, 5.74) is 2.14. The van der Waals surface area contributed by atoms with Crippen molar-refractivity contribution in [1.82, 2.24) is 4.98 Å². The molecule has 2 aromatic carbocycles. The number of ether oxygens (including phenoxy) is 4. The highest BCUT2D eigenvalue weighted by Crippen LogP contribution is 2.39. The Morgan fingerprint density at radius 2 is 1.55 bits per heavy atom. The number of anilines is 1.